The van der Waals surface area contributed by atoms with E-state index in [0.29, 0.717) is 16.5 Å². The van der Waals surface area contributed by atoms with Crippen LogP contribution in [-0.2, 0) is 0 Å². The predicted octanol–water partition coefficient (Wildman–Crippen LogP) is 4.96. The highest BCUT2D eigenvalue weighted by molar-refractivity contribution is 6.31. The predicted molar refractivity (Wildman–Crippen MR) is 76.5 cm³/mol. The minimum Gasteiger partial charge on any atom is -0.310 e. The lowest BCUT2D eigenvalue weighted by atomic mass is 9.90. The second-order valence-corrected chi connectivity index (χ2v) is 5.20. The van der Waals surface area contributed by atoms with Crippen molar-refractivity contribution in [2.45, 2.75) is 46.1 Å². The van der Waals surface area contributed by atoms with Gasteiger partial charge in [-0.3, -0.25) is 0 Å². The fourth-order valence-electron chi connectivity index (χ4n) is 2.31. The van der Waals surface area contributed by atoms with E-state index in [1.54, 1.807) is 12.1 Å². The average Bonchev–Trinajstić information content (AvgIpc) is 2.34. The fraction of sp³-hybridized carbons (Fsp3) is 0.600. The van der Waals surface area contributed by atoms with Gasteiger partial charge < -0.3 is 5.32 Å². The van der Waals surface area contributed by atoms with Crippen LogP contribution in [-0.4, -0.2) is 6.54 Å². The van der Waals surface area contributed by atoms with Crippen LogP contribution in [0.5, 0.6) is 0 Å². The van der Waals surface area contributed by atoms with E-state index in [-0.39, 0.29) is 11.9 Å². The zero-order valence-corrected chi connectivity index (χ0v) is 12.2. The zero-order chi connectivity index (χ0) is 13.5. The topological polar surface area (TPSA) is 12.0 Å². The first-order valence-corrected chi connectivity index (χ1v) is 7.16. The Morgan fingerprint density at radius 3 is 2.61 bits per heavy atom. The summed E-state index contributed by atoms with van der Waals surface area (Å²) in [5.74, 6) is 0.163. The molecule has 0 amide bonds. The van der Waals surface area contributed by atoms with Gasteiger partial charge in [0.25, 0.3) is 0 Å². The Morgan fingerprint density at radius 2 is 2.06 bits per heavy atom. The Labute approximate surface area is 115 Å². The Kier molecular flexibility index (Phi) is 6.66. The van der Waals surface area contributed by atoms with Gasteiger partial charge in [0.15, 0.2) is 0 Å². The summed E-state index contributed by atoms with van der Waals surface area (Å²) in [5.41, 5.74) is 0.615. The molecule has 2 unspecified atom stereocenters. The molecule has 0 aliphatic rings. The summed E-state index contributed by atoms with van der Waals surface area (Å²) < 4.78 is 14.0. The summed E-state index contributed by atoms with van der Waals surface area (Å²) in [6.45, 7) is 7.18. The van der Waals surface area contributed by atoms with Gasteiger partial charge in [-0.2, -0.15) is 0 Å². The first-order valence-electron chi connectivity index (χ1n) is 6.79. The maximum Gasteiger partial charge on any atom is 0.129 e. The van der Waals surface area contributed by atoms with Crippen LogP contribution >= 0.6 is 11.6 Å². The van der Waals surface area contributed by atoms with Crippen LogP contribution in [0.25, 0.3) is 0 Å². The highest BCUT2D eigenvalue weighted by Crippen LogP contribution is 2.32. The van der Waals surface area contributed by atoms with Gasteiger partial charge in [-0.15, -0.1) is 0 Å². The first kappa shape index (κ1) is 15.5. The van der Waals surface area contributed by atoms with Gasteiger partial charge in [-0.25, -0.2) is 4.39 Å². The van der Waals surface area contributed by atoms with Crippen LogP contribution in [0.1, 0.15) is 51.6 Å². The quantitative estimate of drug-likeness (QED) is 0.739. The van der Waals surface area contributed by atoms with Crippen molar-refractivity contribution in [2.24, 2.45) is 5.92 Å². The molecule has 18 heavy (non-hydrogen) atoms. The molecule has 0 heterocycles. The first-order chi connectivity index (χ1) is 8.61. The third-order valence-corrected chi connectivity index (χ3v) is 3.65. The highest BCUT2D eigenvalue weighted by Gasteiger charge is 2.23. The molecule has 1 nitrogen and oxygen atoms in total. The average molecular weight is 272 g/mol. The highest BCUT2D eigenvalue weighted by atomic mass is 35.5. The number of benzene rings is 1. The lowest BCUT2D eigenvalue weighted by Gasteiger charge is -2.26. The van der Waals surface area contributed by atoms with Crippen molar-refractivity contribution in [3.05, 3.63) is 34.6 Å². The van der Waals surface area contributed by atoms with Crippen molar-refractivity contribution >= 4 is 11.6 Å². The molecule has 3 heteroatoms. The molecule has 0 aromatic heterocycles. The number of nitrogens with one attached hydrogen (secondary N) is 1. The van der Waals surface area contributed by atoms with E-state index < -0.39 is 0 Å². The molecule has 0 spiro atoms. The summed E-state index contributed by atoms with van der Waals surface area (Å²) in [7, 11) is 0. The fourth-order valence-corrected chi connectivity index (χ4v) is 2.59. The van der Waals surface area contributed by atoms with E-state index in [4.69, 9.17) is 11.6 Å². The van der Waals surface area contributed by atoms with Gasteiger partial charge in [-0.1, -0.05) is 51.3 Å². The molecule has 1 aromatic carbocycles. The molecule has 0 fully saturated rings. The summed E-state index contributed by atoms with van der Waals surface area (Å²) in [4.78, 5) is 0. The van der Waals surface area contributed by atoms with Gasteiger partial charge in [-0.05, 0) is 31.0 Å². The van der Waals surface area contributed by atoms with Crippen LogP contribution in [0.15, 0.2) is 18.2 Å². The molecule has 0 bridgehead atoms. The Morgan fingerprint density at radius 1 is 1.33 bits per heavy atom. The monoisotopic (exact) mass is 271 g/mol. The molecule has 102 valence electrons. The summed E-state index contributed by atoms with van der Waals surface area (Å²) >= 11 is 6.16. The standard InChI is InChI=1S/C15H23ClFN/c1-4-6-8-11(3)15(18-5-2)14-12(16)9-7-10-13(14)17/h7,9-11,15,18H,4-6,8H2,1-3H3. The Balaban J connectivity index is 2.96. The lowest BCUT2D eigenvalue weighted by molar-refractivity contribution is 0.353. The van der Waals surface area contributed by atoms with Gasteiger partial charge in [0, 0.05) is 16.6 Å². The molecule has 0 saturated heterocycles. The summed E-state index contributed by atoms with van der Waals surface area (Å²) in [5, 5.41) is 3.88. The van der Waals surface area contributed by atoms with Gasteiger partial charge in [0.2, 0.25) is 0 Å². The maximum absolute atomic E-state index is 14.0. The van der Waals surface area contributed by atoms with Crippen molar-refractivity contribution in [3.8, 4) is 0 Å². The summed E-state index contributed by atoms with van der Waals surface area (Å²) in [6.07, 6.45) is 3.40. The zero-order valence-electron chi connectivity index (χ0n) is 11.5. The van der Waals surface area contributed by atoms with Crippen molar-refractivity contribution < 1.29 is 4.39 Å². The van der Waals surface area contributed by atoms with Crippen LogP contribution in [0.4, 0.5) is 4.39 Å². The number of rotatable bonds is 7. The van der Waals surface area contributed by atoms with Gasteiger partial charge in [0.1, 0.15) is 5.82 Å². The third-order valence-electron chi connectivity index (χ3n) is 3.32. The summed E-state index contributed by atoms with van der Waals surface area (Å²) in [6, 6.07) is 4.89. The Hall–Kier alpha value is -0.600. The number of hydrogen-bond acceptors (Lipinski definition) is 1. The molecule has 0 saturated carbocycles. The van der Waals surface area contributed by atoms with E-state index in [1.807, 2.05) is 6.92 Å². The SMILES string of the molecule is CCCCC(C)C(NCC)c1c(F)cccc1Cl. The minimum atomic E-state index is -0.211. The molecule has 1 N–H and O–H groups in total. The van der Waals surface area contributed by atoms with E-state index in [0.717, 1.165) is 25.8 Å². The molecule has 0 radical (unpaired) electrons. The van der Waals surface area contributed by atoms with Crippen LogP contribution in [0.2, 0.25) is 5.02 Å². The Bertz CT molecular complexity index is 347. The van der Waals surface area contributed by atoms with Crippen molar-refractivity contribution in [2.75, 3.05) is 6.54 Å². The number of halogens is 2. The molecule has 1 rings (SSSR count). The second kappa shape index (κ2) is 7.75. The number of hydrogen-bond donors (Lipinski definition) is 1. The van der Waals surface area contributed by atoms with E-state index in [1.165, 1.54) is 6.07 Å². The molecule has 0 aliphatic carbocycles. The van der Waals surface area contributed by atoms with Gasteiger partial charge >= 0.3 is 0 Å². The third kappa shape index (κ3) is 3.96. The molecule has 0 aliphatic heterocycles. The smallest absolute Gasteiger partial charge is 0.129 e. The van der Waals surface area contributed by atoms with Gasteiger partial charge in [0.05, 0.1) is 0 Å². The maximum atomic E-state index is 14.0. The number of unbranched alkanes of at least 4 members (excludes halogenated alkanes) is 1. The molecule has 1 aromatic rings. The van der Waals surface area contributed by atoms with E-state index in [2.05, 4.69) is 19.2 Å². The molecule has 2 atom stereocenters. The second-order valence-electron chi connectivity index (χ2n) is 4.79. The van der Waals surface area contributed by atoms with Crippen LogP contribution < -0.4 is 5.32 Å². The van der Waals surface area contributed by atoms with Crippen LogP contribution in [0.3, 0.4) is 0 Å². The van der Waals surface area contributed by atoms with Crippen molar-refractivity contribution in [3.63, 3.8) is 0 Å². The van der Waals surface area contributed by atoms with Crippen LogP contribution in [0, 0.1) is 11.7 Å². The molecular formula is C15H23ClFN. The van der Waals surface area contributed by atoms with Crippen molar-refractivity contribution in [1.29, 1.82) is 0 Å². The normalized spacial score (nSPS) is 14.5. The van der Waals surface area contributed by atoms with Crippen molar-refractivity contribution in [1.82, 2.24) is 5.32 Å². The molecular weight excluding hydrogens is 249 g/mol. The van der Waals surface area contributed by atoms with E-state index in [9.17, 15) is 4.39 Å². The largest absolute Gasteiger partial charge is 0.310 e. The minimum absolute atomic E-state index is 0.00440. The lowest BCUT2D eigenvalue weighted by Crippen LogP contribution is -2.28. The van der Waals surface area contributed by atoms with E-state index >= 15 is 0 Å².